The first-order valence-electron chi connectivity index (χ1n) is 7.56. The molecule has 0 fully saturated rings. The average molecular weight is 368 g/mol. The number of fused-ring (bicyclic) bond motifs is 4. The second-order valence-electron chi connectivity index (χ2n) is 5.57. The number of hydrogen-bond donors (Lipinski definition) is 0. The Morgan fingerprint density at radius 1 is 1.17 bits per heavy atom. The number of rotatable bonds is 2. The van der Waals surface area contributed by atoms with Crippen LogP contribution in [0.15, 0.2) is 34.8 Å². The van der Waals surface area contributed by atoms with Crippen molar-refractivity contribution < 1.29 is 9.53 Å². The maximum absolute atomic E-state index is 11.6. The molecular weight excluding hydrogens is 354 g/mol. The van der Waals surface area contributed by atoms with Gasteiger partial charge in [-0.25, -0.2) is 4.98 Å². The van der Waals surface area contributed by atoms with Gasteiger partial charge in [0, 0.05) is 17.2 Å². The molecule has 0 bridgehead atoms. The van der Waals surface area contributed by atoms with E-state index in [9.17, 15) is 4.79 Å². The molecule has 1 aliphatic carbocycles. The fraction of sp³-hybridized carbons (Fsp3) is 0.158. The van der Waals surface area contributed by atoms with Gasteiger partial charge in [0.25, 0.3) is 0 Å². The molecular formula is C19H14BrNO2. The number of pyridine rings is 1. The van der Waals surface area contributed by atoms with Gasteiger partial charge < -0.3 is 4.74 Å². The smallest absolute Gasteiger partial charge is 0.228 e. The van der Waals surface area contributed by atoms with Crippen molar-refractivity contribution in [1.29, 1.82) is 0 Å². The van der Waals surface area contributed by atoms with Crippen LogP contribution in [-0.4, -0.2) is 17.4 Å². The first kappa shape index (κ1) is 14.4. The summed E-state index contributed by atoms with van der Waals surface area (Å²) < 4.78 is 6.46. The minimum atomic E-state index is 0.151. The summed E-state index contributed by atoms with van der Waals surface area (Å²) in [4.78, 5) is 16.3. The van der Waals surface area contributed by atoms with E-state index in [2.05, 4.69) is 34.1 Å². The Bertz CT molecular complexity index is 1090. The number of ketones is 1. The Hall–Kier alpha value is -2.20. The number of ether oxygens (including phenoxy) is 1. The monoisotopic (exact) mass is 367 g/mol. The first-order valence-corrected chi connectivity index (χ1v) is 8.35. The molecule has 0 spiro atoms. The Morgan fingerprint density at radius 3 is 2.83 bits per heavy atom. The number of Topliss-reactive ketones (excluding diaryl/α,β-unsaturated/α-hetero) is 1. The SMILES string of the molecule is CCOc1nc2c(ccc3cc4c(cc32)=CCC(=O)C=4)cc1Br. The second-order valence-corrected chi connectivity index (χ2v) is 6.42. The fourth-order valence-corrected chi connectivity index (χ4v) is 3.43. The summed E-state index contributed by atoms with van der Waals surface area (Å²) in [7, 11) is 0. The van der Waals surface area contributed by atoms with Crippen molar-refractivity contribution in [3.63, 3.8) is 0 Å². The summed E-state index contributed by atoms with van der Waals surface area (Å²) >= 11 is 3.51. The first-order chi connectivity index (χ1) is 11.2. The van der Waals surface area contributed by atoms with Crippen molar-refractivity contribution >= 4 is 55.5 Å². The molecule has 4 rings (SSSR count). The standard InChI is InChI=1S/C19H14BrNO2/c1-2-23-19-17(20)10-13-4-3-12-7-14-8-15(22)6-5-11(14)9-16(12)18(13)21-19/h3-5,7-10H,2,6H2,1H3. The number of carbonyl (C=O) groups excluding carboxylic acids is 1. The number of halogens is 1. The van der Waals surface area contributed by atoms with E-state index in [-0.39, 0.29) is 5.78 Å². The number of nitrogens with zero attached hydrogens (tertiary/aromatic N) is 1. The van der Waals surface area contributed by atoms with Crippen LogP contribution in [0.25, 0.3) is 33.8 Å². The van der Waals surface area contributed by atoms with Crippen molar-refractivity contribution in [3.8, 4) is 5.88 Å². The number of aromatic nitrogens is 1. The lowest BCUT2D eigenvalue weighted by Gasteiger charge is -2.09. The van der Waals surface area contributed by atoms with Gasteiger partial charge in [0.2, 0.25) is 5.88 Å². The molecule has 1 aliphatic rings. The summed E-state index contributed by atoms with van der Waals surface area (Å²) in [6.07, 6.45) is 4.17. The molecule has 0 saturated heterocycles. The minimum Gasteiger partial charge on any atom is -0.477 e. The highest BCUT2D eigenvalue weighted by atomic mass is 79.9. The van der Waals surface area contributed by atoms with Crippen LogP contribution in [0.3, 0.4) is 0 Å². The summed E-state index contributed by atoms with van der Waals surface area (Å²) in [5.74, 6) is 0.759. The van der Waals surface area contributed by atoms with Crippen LogP contribution in [0.5, 0.6) is 5.88 Å². The van der Waals surface area contributed by atoms with E-state index in [4.69, 9.17) is 9.72 Å². The topological polar surface area (TPSA) is 39.2 Å². The lowest BCUT2D eigenvalue weighted by Crippen LogP contribution is -2.28. The predicted octanol–water partition coefficient (Wildman–Crippen LogP) is 3.08. The van der Waals surface area contributed by atoms with Crippen LogP contribution < -0.4 is 15.2 Å². The molecule has 3 aromatic rings. The minimum absolute atomic E-state index is 0.151. The number of carbonyl (C=O) groups is 1. The van der Waals surface area contributed by atoms with Crippen LogP contribution in [0.2, 0.25) is 0 Å². The Kier molecular flexibility index (Phi) is 3.42. The molecule has 0 N–H and O–H groups in total. The molecule has 0 atom stereocenters. The Labute approximate surface area is 141 Å². The third-order valence-corrected chi connectivity index (χ3v) is 4.61. The van der Waals surface area contributed by atoms with E-state index in [1.807, 2.05) is 25.1 Å². The summed E-state index contributed by atoms with van der Waals surface area (Å²) in [5, 5.41) is 5.28. The van der Waals surface area contributed by atoms with E-state index in [0.717, 1.165) is 36.6 Å². The average Bonchev–Trinajstić information content (AvgIpc) is 2.54. The second kappa shape index (κ2) is 5.46. The zero-order valence-electron chi connectivity index (χ0n) is 12.6. The molecule has 3 nitrogen and oxygen atoms in total. The normalized spacial score (nSPS) is 13.6. The van der Waals surface area contributed by atoms with E-state index in [1.165, 1.54) is 0 Å². The van der Waals surface area contributed by atoms with E-state index in [1.54, 1.807) is 6.08 Å². The van der Waals surface area contributed by atoms with Crippen LogP contribution in [0.4, 0.5) is 0 Å². The molecule has 0 radical (unpaired) electrons. The van der Waals surface area contributed by atoms with Gasteiger partial charge in [0.1, 0.15) is 0 Å². The number of hydrogen-bond acceptors (Lipinski definition) is 3. The van der Waals surface area contributed by atoms with Crippen LogP contribution in [0.1, 0.15) is 13.3 Å². The summed E-state index contributed by atoms with van der Waals surface area (Å²) in [5.41, 5.74) is 0.919. The highest BCUT2D eigenvalue weighted by molar-refractivity contribution is 9.10. The third kappa shape index (κ3) is 2.43. The molecule has 2 aromatic carbocycles. The van der Waals surface area contributed by atoms with Crippen molar-refractivity contribution in [3.05, 3.63) is 45.2 Å². The van der Waals surface area contributed by atoms with Crippen molar-refractivity contribution in [1.82, 2.24) is 4.98 Å². The molecule has 1 aromatic heterocycles. The molecule has 0 saturated carbocycles. The third-order valence-electron chi connectivity index (χ3n) is 4.05. The van der Waals surface area contributed by atoms with Gasteiger partial charge in [0.05, 0.1) is 16.6 Å². The van der Waals surface area contributed by atoms with E-state index in [0.29, 0.717) is 18.9 Å². The predicted molar refractivity (Wildman–Crippen MR) is 95.9 cm³/mol. The van der Waals surface area contributed by atoms with Crippen molar-refractivity contribution in [2.24, 2.45) is 0 Å². The highest BCUT2D eigenvalue weighted by Crippen LogP contribution is 2.30. The van der Waals surface area contributed by atoms with E-state index < -0.39 is 0 Å². The molecule has 0 unspecified atom stereocenters. The van der Waals surface area contributed by atoms with Gasteiger partial charge in [-0.1, -0.05) is 18.2 Å². The van der Waals surface area contributed by atoms with Gasteiger partial charge in [-0.2, -0.15) is 0 Å². The molecule has 4 heteroatoms. The van der Waals surface area contributed by atoms with Gasteiger partial charge >= 0.3 is 0 Å². The Morgan fingerprint density at radius 2 is 2.00 bits per heavy atom. The van der Waals surface area contributed by atoms with Crippen molar-refractivity contribution in [2.45, 2.75) is 13.3 Å². The lowest BCUT2D eigenvalue weighted by molar-refractivity contribution is -0.112. The highest BCUT2D eigenvalue weighted by Gasteiger charge is 2.10. The van der Waals surface area contributed by atoms with Crippen LogP contribution in [-0.2, 0) is 4.79 Å². The fourth-order valence-electron chi connectivity index (χ4n) is 2.98. The molecule has 114 valence electrons. The number of benzene rings is 2. The lowest BCUT2D eigenvalue weighted by atomic mass is 10.00. The van der Waals surface area contributed by atoms with Gasteiger partial charge in [-0.3, -0.25) is 4.79 Å². The molecule has 1 heterocycles. The molecule has 23 heavy (non-hydrogen) atoms. The molecule has 0 amide bonds. The van der Waals surface area contributed by atoms with E-state index >= 15 is 0 Å². The maximum Gasteiger partial charge on any atom is 0.228 e. The zero-order chi connectivity index (χ0) is 16.0. The zero-order valence-corrected chi connectivity index (χ0v) is 14.2. The van der Waals surface area contributed by atoms with Crippen molar-refractivity contribution in [2.75, 3.05) is 6.61 Å². The van der Waals surface area contributed by atoms with Crippen LogP contribution >= 0.6 is 15.9 Å². The van der Waals surface area contributed by atoms with Gasteiger partial charge in [-0.15, -0.1) is 0 Å². The largest absolute Gasteiger partial charge is 0.477 e. The van der Waals surface area contributed by atoms with Gasteiger partial charge in [0.15, 0.2) is 5.78 Å². The Balaban J connectivity index is 2.10. The molecule has 0 aliphatic heterocycles. The summed E-state index contributed by atoms with van der Waals surface area (Å²) in [6.45, 7) is 2.52. The quantitative estimate of drug-likeness (QED) is 0.653. The summed E-state index contributed by atoms with van der Waals surface area (Å²) in [6, 6.07) is 10.3. The van der Waals surface area contributed by atoms with Crippen LogP contribution in [0, 0.1) is 0 Å². The maximum atomic E-state index is 11.6. The van der Waals surface area contributed by atoms with Gasteiger partial charge in [-0.05, 0) is 63.0 Å².